The second-order valence-electron chi connectivity index (χ2n) is 6.94. The highest BCUT2D eigenvalue weighted by atomic mass is 35.5. The summed E-state index contributed by atoms with van der Waals surface area (Å²) < 4.78 is 0. The van der Waals surface area contributed by atoms with Crippen LogP contribution >= 0.6 is 23.4 Å². The highest BCUT2D eigenvalue weighted by Crippen LogP contribution is 2.27. The van der Waals surface area contributed by atoms with Crippen molar-refractivity contribution >= 4 is 45.9 Å². The first-order valence-corrected chi connectivity index (χ1v) is 10.9. The number of thioether (sulfide) groups is 1. The van der Waals surface area contributed by atoms with Gasteiger partial charge in [-0.25, -0.2) is 4.98 Å². The van der Waals surface area contributed by atoms with E-state index in [1.165, 1.54) is 23.9 Å². The van der Waals surface area contributed by atoms with Crippen molar-refractivity contribution in [2.45, 2.75) is 37.0 Å². The molecule has 0 saturated carbocycles. The smallest absolute Gasteiger partial charge is 0.269 e. The largest absolute Gasteiger partial charge is 0.334 e. The quantitative estimate of drug-likeness (QED) is 0.303. The Labute approximate surface area is 187 Å². The van der Waals surface area contributed by atoms with Gasteiger partial charge in [0, 0.05) is 28.6 Å². The van der Waals surface area contributed by atoms with E-state index in [2.05, 4.69) is 9.97 Å². The van der Waals surface area contributed by atoms with Crippen LogP contribution in [0.1, 0.15) is 26.1 Å². The number of fused-ring (bicyclic) bond motifs is 1. The lowest BCUT2D eigenvalue weighted by Gasteiger charge is -2.25. The third kappa shape index (κ3) is 5.62. The molecule has 0 radical (unpaired) electrons. The van der Waals surface area contributed by atoms with Crippen LogP contribution in [0.5, 0.6) is 0 Å². The van der Waals surface area contributed by atoms with Crippen LogP contribution < -0.4 is 5.56 Å². The summed E-state index contributed by atoms with van der Waals surface area (Å²) in [6.07, 6.45) is 0.740. The maximum atomic E-state index is 13.1. The number of halogens is 1. The molecule has 1 amide bonds. The molecule has 0 bridgehead atoms. The molecule has 10 heteroatoms. The van der Waals surface area contributed by atoms with Crippen LogP contribution in [-0.4, -0.2) is 37.5 Å². The lowest BCUT2D eigenvalue weighted by Crippen LogP contribution is -2.37. The molecule has 3 rings (SSSR count). The van der Waals surface area contributed by atoms with Gasteiger partial charge in [0.2, 0.25) is 5.91 Å². The lowest BCUT2D eigenvalue weighted by molar-refractivity contribution is -0.384. The molecule has 1 N–H and O–H groups in total. The Morgan fingerprint density at radius 3 is 2.65 bits per heavy atom. The molecule has 0 aliphatic heterocycles. The number of non-ortho nitro benzene ring substituents is 1. The molecule has 8 nitrogen and oxygen atoms in total. The molecule has 0 aliphatic carbocycles. The third-order valence-corrected chi connectivity index (χ3v) is 5.91. The van der Waals surface area contributed by atoms with Gasteiger partial charge in [-0.3, -0.25) is 19.7 Å². The average Bonchev–Trinajstić information content (AvgIpc) is 2.73. The zero-order chi connectivity index (χ0) is 22.5. The first-order chi connectivity index (χ1) is 14.8. The fourth-order valence-corrected chi connectivity index (χ4v) is 4.23. The van der Waals surface area contributed by atoms with E-state index < -0.39 is 10.2 Å². The van der Waals surface area contributed by atoms with Gasteiger partial charge in [-0.2, -0.15) is 0 Å². The van der Waals surface area contributed by atoms with Crippen LogP contribution in [0.2, 0.25) is 5.02 Å². The first-order valence-electron chi connectivity index (χ1n) is 9.67. The average molecular weight is 461 g/mol. The van der Waals surface area contributed by atoms with Gasteiger partial charge < -0.3 is 9.88 Å². The summed E-state index contributed by atoms with van der Waals surface area (Å²) >= 11 is 7.34. The van der Waals surface area contributed by atoms with Crippen molar-refractivity contribution in [3.05, 3.63) is 73.8 Å². The summed E-state index contributed by atoms with van der Waals surface area (Å²) in [5, 5.41) is 11.3. The Morgan fingerprint density at radius 2 is 2.00 bits per heavy atom. The second-order valence-corrected chi connectivity index (χ2v) is 8.80. The summed E-state index contributed by atoms with van der Waals surface area (Å²) in [5.74, 6) is 0.271. The minimum atomic E-state index is -0.462. The topological polar surface area (TPSA) is 109 Å². The molecule has 1 aromatic heterocycles. The van der Waals surface area contributed by atoms with Crippen molar-refractivity contribution in [2.75, 3.05) is 6.54 Å². The molecule has 1 unspecified atom stereocenters. The standard InChI is InChI=1S/C21H21ClN4O4S/c1-3-10-25(12-19-23-18-11-14(22)4-9-17(18)20(27)24-19)21(28)13(2)31-16-7-5-15(6-8-16)26(29)30/h4-9,11,13H,3,10,12H2,1-2H3,(H,23,24,27). The second kappa shape index (κ2) is 9.93. The van der Waals surface area contributed by atoms with E-state index >= 15 is 0 Å². The minimum Gasteiger partial charge on any atom is -0.334 e. The predicted octanol–water partition coefficient (Wildman–Crippen LogP) is 4.40. The highest BCUT2D eigenvalue weighted by molar-refractivity contribution is 8.00. The van der Waals surface area contributed by atoms with Crippen molar-refractivity contribution in [1.82, 2.24) is 14.9 Å². The molecule has 0 aliphatic rings. The molecule has 3 aromatic rings. The zero-order valence-corrected chi connectivity index (χ0v) is 18.6. The molecular formula is C21H21ClN4O4S. The van der Waals surface area contributed by atoms with E-state index in [-0.39, 0.29) is 23.7 Å². The summed E-state index contributed by atoms with van der Waals surface area (Å²) in [6, 6.07) is 11.0. The number of hydrogen-bond acceptors (Lipinski definition) is 6. The maximum absolute atomic E-state index is 13.1. The van der Waals surface area contributed by atoms with E-state index in [0.29, 0.717) is 28.3 Å². The monoisotopic (exact) mass is 460 g/mol. The number of benzene rings is 2. The van der Waals surface area contributed by atoms with Crippen LogP contribution in [0, 0.1) is 10.1 Å². The highest BCUT2D eigenvalue weighted by Gasteiger charge is 2.22. The van der Waals surface area contributed by atoms with Crippen molar-refractivity contribution in [3.8, 4) is 0 Å². The fourth-order valence-electron chi connectivity index (χ4n) is 3.11. The Hall–Kier alpha value is -2.91. The molecule has 2 aromatic carbocycles. The van der Waals surface area contributed by atoms with Gasteiger partial charge in [0.05, 0.1) is 27.6 Å². The van der Waals surface area contributed by atoms with E-state index in [9.17, 15) is 19.7 Å². The summed E-state index contributed by atoms with van der Waals surface area (Å²) in [6.45, 7) is 4.41. The Kier molecular flexibility index (Phi) is 7.29. The number of carbonyl (C=O) groups excluding carboxylic acids is 1. The first kappa shape index (κ1) is 22.8. The minimum absolute atomic E-state index is 0.00220. The number of hydrogen-bond donors (Lipinski definition) is 1. The maximum Gasteiger partial charge on any atom is 0.269 e. The van der Waals surface area contributed by atoms with Crippen LogP contribution in [0.4, 0.5) is 5.69 Å². The molecule has 162 valence electrons. The number of carbonyl (C=O) groups is 1. The van der Waals surface area contributed by atoms with Gasteiger partial charge in [-0.1, -0.05) is 18.5 Å². The van der Waals surface area contributed by atoms with Crippen LogP contribution in [0.25, 0.3) is 10.9 Å². The number of amides is 1. The number of nitrogens with one attached hydrogen (secondary N) is 1. The van der Waals surface area contributed by atoms with Crippen molar-refractivity contribution in [3.63, 3.8) is 0 Å². The van der Waals surface area contributed by atoms with Crippen molar-refractivity contribution < 1.29 is 9.72 Å². The number of aromatic amines is 1. The third-order valence-electron chi connectivity index (χ3n) is 4.57. The molecule has 0 spiro atoms. The molecule has 0 saturated heterocycles. The molecule has 0 fully saturated rings. The van der Waals surface area contributed by atoms with Crippen molar-refractivity contribution in [1.29, 1.82) is 0 Å². The van der Waals surface area contributed by atoms with Gasteiger partial charge in [0.1, 0.15) is 5.82 Å². The molecule has 1 atom stereocenters. The van der Waals surface area contributed by atoms with Crippen LogP contribution in [0.3, 0.4) is 0 Å². The zero-order valence-electron chi connectivity index (χ0n) is 17.0. The number of H-pyrrole nitrogens is 1. The lowest BCUT2D eigenvalue weighted by atomic mass is 10.2. The fraction of sp³-hybridized carbons (Fsp3) is 0.286. The predicted molar refractivity (Wildman–Crippen MR) is 121 cm³/mol. The van der Waals surface area contributed by atoms with Crippen molar-refractivity contribution in [2.24, 2.45) is 0 Å². The SMILES string of the molecule is CCCN(Cc1nc2cc(Cl)ccc2c(=O)[nH]1)C(=O)C(C)Sc1ccc([N+](=O)[O-])cc1. The number of nitro benzene ring substituents is 1. The summed E-state index contributed by atoms with van der Waals surface area (Å²) in [7, 11) is 0. The number of aromatic nitrogens is 2. The van der Waals surface area contributed by atoms with Crippen LogP contribution in [-0.2, 0) is 11.3 Å². The van der Waals surface area contributed by atoms with Gasteiger partial charge in [-0.05, 0) is 43.7 Å². The van der Waals surface area contributed by atoms with Gasteiger partial charge >= 0.3 is 0 Å². The van der Waals surface area contributed by atoms with E-state index in [1.54, 1.807) is 42.2 Å². The summed E-state index contributed by atoms with van der Waals surface area (Å²) in [4.78, 5) is 45.4. The van der Waals surface area contributed by atoms with Crippen LogP contribution in [0.15, 0.2) is 52.2 Å². The van der Waals surface area contributed by atoms with Gasteiger partial charge in [-0.15, -0.1) is 11.8 Å². The Morgan fingerprint density at radius 1 is 1.29 bits per heavy atom. The number of nitrogens with zero attached hydrogens (tertiary/aromatic N) is 3. The molecular weight excluding hydrogens is 440 g/mol. The number of nitro groups is 1. The Balaban J connectivity index is 1.77. The number of rotatable bonds is 8. The van der Waals surface area contributed by atoms with E-state index in [4.69, 9.17) is 11.6 Å². The molecule has 31 heavy (non-hydrogen) atoms. The van der Waals surface area contributed by atoms with Gasteiger partial charge in [0.15, 0.2) is 0 Å². The molecule has 1 heterocycles. The van der Waals surface area contributed by atoms with E-state index in [1.807, 2.05) is 6.92 Å². The normalized spacial score (nSPS) is 12.0. The summed E-state index contributed by atoms with van der Waals surface area (Å²) in [5.41, 5.74) is 0.194. The Bertz CT molecular complexity index is 1170. The van der Waals surface area contributed by atoms with E-state index in [0.717, 1.165) is 11.3 Å². The van der Waals surface area contributed by atoms with Gasteiger partial charge in [0.25, 0.3) is 11.2 Å².